The molecule has 0 atom stereocenters. The van der Waals surface area contributed by atoms with Crippen molar-refractivity contribution in [2.45, 2.75) is 13.8 Å². The Morgan fingerprint density at radius 3 is 2.39 bits per heavy atom. The van der Waals surface area contributed by atoms with Gasteiger partial charge in [0.25, 0.3) is 0 Å². The second-order valence-electron chi connectivity index (χ2n) is 4.54. The molecule has 1 heterocycles. The molecule has 0 saturated carbocycles. The molecule has 3 aromatic rings. The summed E-state index contributed by atoms with van der Waals surface area (Å²) in [6.07, 6.45) is 0. The molecule has 3 rings (SSSR count). The molecule has 0 aliphatic carbocycles. The van der Waals surface area contributed by atoms with Crippen molar-refractivity contribution in [1.82, 2.24) is 0 Å². The molecule has 0 bridgehead atoms. The number of halogens is 1. The number of fused-ring (bicyclic) bond motifs is 1. The van der Waals surface area contributed by atoms with Gasteiger partial charge in [-0.3, -0.25) is 0 Å². The Balaban J connectivity index is 2.30. The lowest BCUT2D eigenvalue weighted by atomic mass is 10.0. The lowest BCUT2D eigenvalue weighted by molar-refractivity contribution is 0.580. The van der Waals surface area contributed by atoms with Crippen LogP contribution in [0.3, 0.4) is 0 Å². The molecule has 2 heteroatoms. The Morgan fingerprint density at radius 2 is 1.67 bits per heavy atom. The van der Waals surface area contributed by atoms with Crippen LogP contribution in [0.5, 0.6) is 0 Å². The highest BCUT2D eigenvalue weighted by Gasteiger charge is 2.12. The van der Waals surface area contributed by atoms with E-state index in [1.165, 1.54) is 17.7 Å². The smallest absolute Gasteiger partial charge is 0.134 e. The van der Waals surface area contributed by atoms with Crippen molar-refractivity contribution in [2.24, 2.45) is 0 Å². The number of hydrogen-bond donors (Lipinski definition) is 0. The maximum absolute atomic E-state index is 13.0. The van der Waals surface area contributed by atoms with Gasteiger partial charge in [0.15, 0.2) is 0 Å². The van der Waals surface area contributed by atoms with Gasteiger partial charge >= 0.3 is 0 Å². The van der Waals surface area contributed by atoms with Crippen molar-refractivity contribution in [3.05, 3.63) is 59.6 Å². The van der Waals surface area contributed by atoms with Gasteiger partial charge in [0.2, 0.25) is 0 Å². The third-order valence-electron chi connectivity index (χ3n) is 3.15. The van der Waals surface area contributed by atoms with Crippen molar-refractivity contribution in [1.29, 1.82) is 0 Å². The number of furan rings is 1. The van der Waals surface area contributed by atoms with Crippen molar-refractivity contribution in [3.63, 3.8) is 0 Å². The SMILES string of the molecule is Cc1ccc2oc(C)c(-c3ccc(F)cc3)c2c1. The van der Waals surface area contributed by atoms with Gasteiger partial charge in [0, 0.05) is 10.9 Å². The summed E-state index contributed by atoms with van der Waals surface area (Å²) in [5.74, 6) is 0.641. The highest BCUT2D eigenvalue weighted by atomic mass is 19.1. The molecule has 1 nitrogen and oxygen atoms in total. The molecule has 1 aromatic heterocycles. The topological polar surface area (TPSA) is 13.1 Å². The average molecular weight is 240 g/mol. The molecule has 0 radical (unpaired) electrons. The van der Waals surface area contributed by atoms with Crippen LogP contribution in [0.1, 0.15) is 11.3 Å². The summed E-state index contributed by atoms with van der Waals surface area (Å²) in [5, 5.41) is 1.08. The van der Waals surface area contributed by atoms with Crippen LogP contribution in [-0.4, -0.2) is 0 Å². The number of aryl methyl sites for hydroxylation is 2. The first-order valence-corrected chi connectivity index (χ1v) is 5.91. The summed E-state index contributed by atoms with van der Waals surface area (Å²) in [6.45, 7) is 3.99. The van der Waals surface area contributed by atoms with Crippen LogP contribution >= 0.6 is 0 Å². The van der Waals surface area contributed by atoms with Gasteiger partial charge in [-0.05, 0) is 43.7 Å². The minimum Gasteiger partial charge on any atom is -0.461 e. The van der Waals surface area contributed by atoms with E-state index in [0.29, 0.717) is 0 Å². The van der Waals surface area contributed by atoms with E-state index in [4.69, 9.17) is 4.42 Å². The van der Waals surface area contributed by atoms with E-state index in [0.717, 1.165) is 27.9 Å². The molecule has 90 valence electrons. The van der Waals surface area contributed by atoms with E-state index in [1.54, 1.807) is 12.1 Å². The van der Waals surface area contributed by atoms with E-state index in [2.05, 4.69) is 13.0 Å². The molecular weight excluding hydrogens is 227 g/mol. The highest BCUT2D eigenvalue weighted by Crippen LogP contribution is 2.34. The quantitative estimate of drug-likeness (QED) is 0.592. The van der Waals surface area contributed by atoms with Gasteiger partial charge in [0.05, 0.1) is 0 Å². The van der Waals surface area contributed by atoms with Gasteiger partial charge in [-0.1, -0.05) is 23.8 Å². The van der Waals surface area contributed by atoms with Crippen LogP contribution in [0, 0.1) is 19.7 Å². The van der Waals surface area contributed by atoms with Crippen molar-refractivity contribution >= 4 is 11.0 Å². The summed E-state index contributed by atoms with van der Waals surface area (Å²) >= 11 is 0. The fourth-order valence-corrected chi connectivity index (χ4v) is 2.31. The van der Waals surface area contributed by atoms with Crippen LogP contribution in [0.25, 0.3) is 22.1 Å². The molecule has 0 fully saturated rings. The average Bonchev–Trinajstić information content (AvgIpc) is 2.66. The zero-order chi connectivity index (χ0) is 12.7. The third kappa shape index (κ3) is 1.70. The number of benzene rings is 2. The van der Waals surface area contributed by atoms with E-state index >= 15 is 0 Å². The monoisotopic (exact) mass is 240 g/mol. The first-order valence-electron chi connectivity index (χ1n) is 5.91. The molecule has 18 heavy (non-hydrogen) atoms. The molecular formula is C16H13FO. The predicted molar refractivity (Wildman–Crippen MR) is 71.1 cm³/mol. The Bertz CT molecular complexity index is 708. The summed E-state index contributed by atoms with van der Waals surface area (Å²) in [7, 11) is 0. The fraction of sp³-hybridized carbons (Fsp3) is 0.125. The first kappa shape index (κ1) is 11.0. The second-order valence-corrected chi connectivity index (χ2v) is 4.54. The maximum atomic E-state index is 13.0. The summed E-state index contributed by atoms with van der Waals surface area (Å²) in [6, 6.07) is 12.6. The maximum Gasteiger partial charge on any atom is 0.134 e. The van der Waals surface area contributed by atoms with Crippen LogP contribution in [0.15, 0.2) is 46.9 Å². The Kier molecular flexibility index (Phi) is 2.44. The van der Waals surface area contributed by atoms with Crippen LogP contribution in [-0.2, 0) is 0 Å². The fourth-order valence-electron chi connectivity index (χ4n) is 2.31. The van der Waals surface area contributed by atoms with Crippen molar-refractivity contribution in [3.8, 4) is 11.1 Å². The second kappa shape index (κ2) is 3.98. The zero-order valence-corrected chi connectivity index (χ0v) is 10.3. The van der Waals surface area contributed by atoms with Gasteiger partial charge in [0.1, 0.15) is 17.2 Å². The molecule has 0 amide bonds. The Labute approximate surface area is 105 Å². The normalized spacial score (nSPS) is 11.1. The van der Waals surface area contributed by atoms with E-state index in [-0.39, 0.29) is 5.82 Å². The molecule has 2 aromatic carbocycles. The zero-order valence-electron chi connectivity index (χ0n) is 10.3. The van der Waals surface area contributed by atoms with Gasteiger partial charge in [-0.15, -0.1) is 0 Å². The van der Waals surface area contributed by atoms with Crippen LogP contribution < -0.4 is 0 Å². The lowest BCUT2D eigenvalue weighted by Gasteiger charge is -2.01. The predicted octanol–water partition coefficient (Wildman–Crippen LogP) is 4.86. The highest BCUT2D eigenvalue weighted by molar-refractivity contribution is 5.96. The van der Waals surface area contributed by atoms with Gasteiger partial charge in [-0.25, -0.2) is 4.39 Å². The minimum absolute atomic E-state index is 0.222. The summed E-state index contributed by atoms with van der Waals surface area (Å²) in [5.41, 5.74) is 4.09. The van der Waals surface area contributed by atoms with Crippen LogP contribution in [0.4, 0.5) is 4.39 Å². The van der Waals surface area contributed by atoms with Gasteiger partial charge in [-0.2, -0.15) is 0 Å². The third-order valence-corrected chi connectivity index (χ3v) is 3.15. The Morgan fingerprint density at radius 1 is 0.944 bits per heavy atom. The summed E-state index contributed by atoms with van der Waals surface area (Å²) in [4.78, 5) is 0. The number of rotatable bonds is 1. The largest absolute Gasteiger partial charge is 0.461 e. The molecule has 0 saturated heterocycles. The van der Waals surface area contributed by atoms with Crippen LogP contribution in [0.2, 0.25) is 0 Å². The summed E-state index contributed by atoms with van der Waals surface area (Å²) < 4.78 is 18.7. The van der Waals surface area contributed by atoms with Crippen molar-refractivity contribution < 1.29 is 8.81 Å². The molecule has 0 aliphatic rings. The first-order chi connectivity index (χ1) is 8.65. The van der Waals surface area contributed by atoms with E-state index in [9.17, 15) is 4.39 Å². The standard InChI is InChI=1S/C16H13FO/c1-10-3-8-15-14(9-10)16(11(2)18-15)12-4-6-13(17)7-5-12/h3-9H,1-2H3. The lowest BCUT2D eigenvalue weighted by Crippen LogP contribution is -1.80. The Hall–Kier alpha value is -2.09. The van der Waals surface area contributed by atoms with Crippen molar-refractivity contribution in [2.75, 3.05) is 0 Å². The van der Waals surface area contributed by atoms with E-state index < -0.39 is 0 Å². The van der Waals surface area contributed by atoms with Gasteiger partial charge < -0.3 is 4.42 Å². The molecule has 0 unspecified atom stereocenters. The van der Waals surface area contributed by atoms with E-state index in [1.807, 2.05) is 19.1 Å². The molecule has 0 spiro atoms. The molecule has 0 aliphatic heterocycles. The number of hydrogen-bond acceptors (Lipinski definition) is 1. The minimum atomic E-state index is -0.222. The molecule has 0 N–H and O–H groups in total.